The number of aryl methyl sites for hydroxylation is 1. The lowest BCUT2D eigenvalue weighted by atomic mass is 9.83. The number of hydrogen-bond acceptors (Lipinski definition) is 5. The van der Waals surface area contributed by atoms with Crippen LogP contribution in [0.4, 0.5) is 0 Å². The number of carbonyl (C=O) groups excluding carboxylic acids is 1. The molecule has 3 aliphatic rings. The van der Waals surface area contributed by atoms with Gasteiger partial charge in [0, 0.05) is 50.3 Å². The van der Waals surface area contributed by atoms with Crippen molar-refractivity contribution in [2.45, 2.75) is 71.3 Å². The molecule has 0 radical (unpaired) electrons. The van der Waals surface area contributed by atoms with Gasteiger partial charge in [-0.2, -0.15) is 0 Å². The molecule has 3 atom stereocenters. The van der Waals surface area contributed by atoms with Crippen LogP contribution in [0.15, 0.2) is 48.0 Å². The van der Waals surface area contributed by atoms with Crippen molar-refractivity contribution in [1.82, 2.24) is 15.5 Å². The maximum atomic E-state index is 14.4. The first-order valence-corrected chi connectivity index (χ1v) is 14.2. The van der Waals surface area contributed by atoms with E-state index in [4.69, 9.17) is 9.47 Å². The van der Waals surface area contributed by atoms with Gasteiger partial charge in [0.25, 0.3) is 5.91 Å². The summed E-state index contributed by atoms with van der Waals surface area (Å²) in [6.45, 7) is 10.8. The van der Waals surface area contributed by atoms with E-state index in [1.54, 1.807) is 7.11 Å². The molecule has 2 aromatic rings. The van der Waals surface area contributed by atoms with E-state index >= 15 is 0 Å². The predicted molar refractivity (Wildman–Crippen MR) is 152 cm³/mol. The number of carbonyl (C=O) groups is 1. The highest BCUT2D eigenvalue weighted by Gasteiger charge is 2.41. The normalized spacial score (nSPS) is 21.9. The number of methoxy groups -OCH3 is 1. The van der Waals surface area contributed by atoms with Crippen molar-refractivity contribution in [1.29, 1.82) is 0 Å². The Labute approximate surface area is 227 Å². The summed E-state index contributed by atoms with van der Waals surface area (Å²) < 4.78 is 11.1. The number of nitrogens with one attached hydrogen (secondary N) is 2. The summed E-state index contributed by atoms with van der Waals surface area (Å²) in [7, 11) is 1.72. The molecule has 1 saturated carbocycles. The van der Waals surface area contributed by atoms with Crippen molar-refractivity contribution in [3.63, 3.8) is 0 Å². The third kappa shape index (κ3) is 6.20. The van der Waals surface area contributed by atoms with Crippen LogP contribution in [-0.4, -0.2) is 62.3 Å². The summed E-state index contributed by atoms with van der Waals surface area (Å²) in [6.07, 6.45) is 3.04. The van der Waals surface area contributed by atoms with Crippen LogP contribution in [0, 0.1) is 19.8 Å². The van der Waals surface area contributed by atoms with Crippen LogP contribution in [0.5, 0.6) is 0 Å². The van der Waals surface area contributed by atoms with Crippen molar-refractivity contribution >= 4 is 11.5 Å². The van der Waals surface area contributed by atoms with Gasteiger partial charge in [-0.25, -0.2) is 0 Å². The average Bonchev–Trinajstić information content (AvgIpc) is 3.75. The molecule has 2 N–H and O–H groups in total. The summed E-state index contributed by atoms with van der Waals surface area (Å²) >= 11 is 0. The van der Waals surface area contributed by atoms with Crippen LogP contribution in [0.2, 0.25) is 0 Å². The van der Waals surface area contributed by atoms with Crippen LogP contribution >= 0.6 is 0 Å². The van der Waals surface area contributed by atoms with E-state index in [0.717, 1.165) is 49.1 Å². The highest BCUT2D eigenvalue weighted by molar-refractivity contribution is 6.03. The van der Waals surface area contributed by atoms with Gasteiger partial charge in [-0.05, 0) is 66.5 Å². The molecular formula is C32H43N3O3. The Bertz CT molecular complexity index is 1160. The molecule has 204 valence electrons. The molecule has 38 heavy (non-hydrogen) atoms. The number of benzene rings is 2. The number of fused-ring (bicyclic) bond motifs is 2. The first-order chi connectivity index (χ1) is 18.4. The van der Waals surface area contributed by atoms with Crippen LogP contribution < -0.4 is 10.6 Å². The topological polar surface area (TPSA) is 62.8 Å². The Balaban J connectivity index is 1.40. The lowest BCUT2D eigenvalue weighted by Gasteiger charge is -2.41. The van der Waals surface area contributed by atoms with Gasteiger partial charge < -0.3 is 25.0 Å². The Morgan fingerprint density at radius 3 is 2.61 bits per heavy atom. The highest BCUT2D eigenvalue weighted by atomic mass is 16.5. The molecule has 0 aromatic heterocycles. The van der Waals surface area contributed by atoms with Crippen molar-refractivity contribution < 1.29 is 14.3 Å². The van der Waals surface area contributed by atoms with Crippen molar-refractivity contribution in [3.05, 3.63) is 75.9 Å². The van der Waals surface area contributed by atoms with Gasteiger partial charge in [0.15, 0.2) is 0 Å². The van der Waals surface area contributed by atoms with Crippen LogP contribution in [-0.2, 0) is 27.4 Å². The van der Waals surface area contributed by atoms with Gasteiger partial charge in [-0.15, -0.1) is 0 Å². The molecule has 2 aromatic carbocycles. The summed E-state index contributed by atoms with van der Waals surface area (Å²) in [5, 5.41) is 7.30. The van der Waals surface area contributed by atoms with Crippen molar-refractivity contribution in [2.75, 3.05) is 33.4 Å². The Hall–Kier alpha value is -2.51. The van der Waals surface area contributed by atoms with Crippen LogP contribution in [0.25, 0.3) is 5.57 Å². The first-order valence-electron chi connectivity index (χ1n) is 14.2. The molecule has 0 spiro atoms. The molecule has 5 rings (SSSR count). The molecule has 2 fully saturated rings. The summed E-state index contributed by atoms with van der Waals surface area (Å²) in [5.41, 5.74) is 8.28. The molecular weight excluding hydrogens is 474 g/mol. The summed E-state index contributed by atoms with van der Waals surface area (Å²) in [6, 6.07) is 15.8. The smallest absolute Gasteiger partial charge is 0.252 e. The maximum absolute atomic E-state index is 14.4. The standard InChI is InChI=1S/C32H43N3O3/c1-21(18-37-4)19-38-20-24-8-10-25(11-9-24)29-14-27-15-33-16-30(34-27)31(29)32(36)35(28-12-13-28)17-26-7-5-6-22(2)23(26)3/h5-11,21,27-28,30,33-34H,12-20H2,1-4H3/t21-,27?,30?/m0/s1. The highest BCUT2D eigenvalue weighted by Crippen LogP contribution is 2.36. The van der Waals surface area contributed by atoms with Gasteiger partial charge in [0.05, 0.1) is 25.9 Å². The van der Waals surface area contributed by atoms with Gasteiger partial charge in [-0.3, -0.25) is 4.79 Å². The third-order valence-electron chi connectivity index (χ3n) is 8.26. The molecule has 2 aliphatic heterocycles. The van der Waals surface area contributed by atoms with E-state index < -0.39 is 0 Å². The Kier molecular flexibility index (Phi) is 8.64. The second-order valence-electron chi connectivity index (χ2n) is 11.5. The molecule has 6 heteroatoms. The fourth-order valence-electron chi connectivity index (χ4n) is 5.83. The number of nitrogens with zero attached hydrogens (tertiary/aromatic N) is 1. The fraction of sp³-hybridized carbons (Fsp3) is 0.531. The van der Waals surface area contributed by atoms with E-state index in [0.29, 0.717) is 44.4 Å². The van der Waals surface area contributed by atoms with Gasteiger partial charge >= 0.3 is 0 Å². The number of hydrogen-bond donors (Lipinski definition) is 2. The first kappa shape index (κ1) is 27.1. The monoisotopic (exact) mass is 517 g/mol. The minimum Gasteiger partial charge on any atom is -0.384 e. The van der Waals surface area contributed by atoms with Crippen LogP contribution in [0.1, 0.15) is 54.0 Å². The quantitative estimate of drug-likeness (QED) is 0.463. The Morgan fingerprint density at radius 1 is 1.08 bits per heavy atom. The predicted octanol–water partition coefficient (Wildman–Crippen LogP) is 4.38. The lowest BCUT2D eigenvalue weighted by molar-refractivity contribution is -0.128. The van der Waals surface area contributed by atoms with E-state index in [1.807, 2.05) is 0 Å². The van der Waals surface area contributed by atoms with E-state index in [9.17, 15) is 4.79 Å². The Morgan fingerprint density at radius 2 is 1.87 bits per heavy atom. The molecule has 1 aliphatic carbocycles. The number of amides is 1. The average molecular weight is 518 g/mol. The minimum absolute atomic E-state index is 0.0372. The maximum Gasteiger partial charge on any atom is 0.252 e. The van der Waals surface area contributed by atoms with E-state index in [2.05, 4.69) is 78.8 Å². The number of piperazine rings is 1. The van der Waals surface area contributed by atoms with Crippen molar-refractivity contribution in [2.24, 2.45) is 5.92 Å². The summed E-state index contributed by atoms with van der Waals surface area (Å²) in [4.78, 5) is 16.5. The molecule has 2 unspecified atom stereocenters. The molecule has 2 heterocycles. The zero-order valence-corrected chi connectivity index (χ0v) is 23.4. The molecule has 6 nitrogen and oxygen atoms in total. The largest absolute Gasteiger partial charge is 0.384 e. The molecule has 1 saturated heterocycles. The zero-order chi connectivity index (χ0) is 26.6. The second-order valence-corrected chi connectivity index (χ2v) is 11.5. The minimum atomic E-state index is 0.0372. The van der Waals surface area contributed by atoms with E-state index in [-0.39, 0.29) is 11.9 Å². The summed E-state index contributed by atoms with van der Waals surface area (Å²) in [5.74, 6) is 0.571. The van der Waals surface area contributed by atoms with Gasteiger partial charge in [0.2, 0.25) is 0 Å². The van der Waals surface area contributed by atoms with Gasteiger partial charge in [-0.1, -0.05) is 49.4 Å². The van der Waals surface area contributed by atoms with E-state index in [1.165, 1.54) is 22.3 Å². The third-order valence-corrected chi connectivity index (χ3v) is 8.26. The molecule has 1 amide bonds. The van der Waals surface area contributed by atoms with Crippen molar-refractivity contribution in [3.8, 4) is 0 Å². The number of rotatable bonds is 11. The SMILES string of the molecule is COC[C@H](C)COCc1ccc(C2=C(C(=O)N(Cc3cccc(C)c3C)C3CC3)C3CNCC(C2)N3)cc1. The number of ether oxygens (including phenoxy) is 2. The van der Waals surface area contributed by atoms with Gasteiger partial charge in [0.1, 0.15) is 0 Å². The van der Waals surface area contributed by atoms with Crippen LogP contribution in [0.3, 0.4) is 0 Å². The molecule has 2 bridgehead atoms. The lowest BCUT2D eigenvalue weighted by Crippen LogP contribution is -2.60. The zero-order valence-electron chi connectivity index (χ0n) is 23.4. The second kappa shape index (κ2) is 12.1. The fourth-order valence-corrected chi connectivity index (χ4v) is 5.83.